The lowest BCUT2D eigenvalue weighted by molar-refractivity contribution is 0.102. The molecule has 1 aromatic heterocycles. The first-order valence-corrected chi connectivity index (χ1v) is 9.97. The number of carbonyl (C=O) groups is 1. The van der Waals surface area contributed by atoms with Crippen LogP contribution in [0, 0.1) is 0 Å². The van der Waals surface area contributed by atoms with E-state index in [1.807, 2.05) is 27.7 Å². The molecule has 0 spiro atoms. The molecule has 0 atom stereocenters. The van der Waals surface area contributed by atoms with Crippen molar-refractivity contribution in [3.05, 3.63) is 42.1 Å². The van der Waals surface area contributed by atoms with Gasteiger partial charge in [0.15, 0.2) is 0 Å². The molecular formula is C18H23N2O6P. The topological polar surface area (TPSA) is 118 Å². The highest BCUT2D eigenvalue weighted by molar-refractivity contribution is 7.60. The lowest BCUT2D eigenvalue weighted by atomic mass is 10.2. The van der Waals surface area contributed by atoms with Gasteiger partial charge in [-0.1, -0.05) is 0 Å². The van der Waals surface area contributed by atoms with E-state index in [-0.39, 0.29) is 23.3 Å². The van der Waals surface area contributed by atoms with Crippen molar-refractivity contribution in [1.82, 2.24) is 4.98 Å². The maximum Gasteiger partial charge on any atom is 0.357 e. The molecule has 0 fully saturated rings. The van der Waals surface area contributed by atoms with E-state index in [0.29, 0.717) is 17.1 Å². The van der Waals surface area contributed by atoms with Crippen molar-refractivity contribution >= 4 is 24.6 Å². The van der Waals surface area contributed by atoms with E-state index in [1.165, 1.54) is 12.1 Å². The number of anilines is 1. The number of hydrogen-bond donors (Lipinski definition) is 3. The van der Waals surface area contributed by atoms with Gasteiger partial charge in [-0.05, 0) is 52.0 Å². The van der Waals surface area contributed by atoms with Crippen molar-refractivity contribution in [2.45, 2.75) is 39.9 Å². The Morgan fingerprint density at radius 2 is 1.59 bits per heavy atom. The molecule has 0 aliphatic carbocycles. The Balaban J connectivity index is 2.24. The van der Waals surface area contributed by atoms with Crippen LogP contribution in [0.2, 0.25) is 0 Å². The highest BCUT2D eigenvalue weighted by Crippen LogP contribution is 2.32. The summed E-state index contributed by atoms with van der Waals surface area (Å²) in [5.74, 6) is 0.712. The molecule has 146 valence electrons. The van der Waals surface area contributed by atoms with E-state index in [9.17, 15) is 9.36 Å². The van der Waals surface area contributed by atoms with Gasteiger partial charge in [0.25, 0.3) is 5.91 Å². The summed E-state index contributed by atoms with van der Waals surface area (Å²) in [6.45, 7) is 7.51. The van der Waals surface area contributed by atoms with Crippen LogP contribution in [0.3, 0.4) is 0 Å². The predicted octanol–water partition coefficient (Wildman–Crippen LogP) is 2.71. The molecule has 2 aromatic rings. The molecule has 1 amide bonds. The molecule has 0 saturated carbocycles. The zero-order valence-electron chi connectivity index (χ0n) is 15.5. The largest absolute Gasteiger partial charge is 0.491 e. The second kappa shape index (κ2) is 8.52. The van der Waals surface area contributed by atoms with Crippen molar-refractivity contribution in [1.29, 1.82) is 0 Å². The van der Waals surface area contributed by atoms with Gasteiger partial charge in [-0.2, -0.15) is 0 Å². The predicted molar refractivity (Wildman–Crippen MR) is 102 cm³/mol. The molecule has 2 rings (SSSR count). The van der Waals surface area contributed by atoms with Gasteiger partial charge in [0, 0.05) is 17.8 Å². The van der Waals surface area contributed by atoms with E-state index >= 15 is 0 Å². The second-order valence-electron chi connectivity index (χ2n) is 6.43. The van der Waals surface area contributed by atoms with Crippen LogP contribution in [0.5, 0.6) is 11.5 Å². The number of aromatic nitrogens is 1. The third-order valence-corrected chi connectivity index (χ3v) is 4.15. The molecule has 0 aliphatic heterocycles. The minimum Gasteiger partial charge on any atom is -0.491 e. The minimum atomic E-state index is -4.38. The van der Waals surface area contributed by atoms with Crippen molar-refractivity contribution < 1.29 is 28.6 Å². The van der Waals surface area contributed by atoms with Crippen molar-refractivity contribution in [3.63, 3.8) is 0 Å². The molecule has 8 nitrogen and oxygen atoms in total. The van der Waals surface area contributed by atoms with Gasteiger partial charge in [-0.25, -0.2) is 4.98 Å². The Kier molecular flexibility index (Phi) is 6.59. The maximum absolute atomic E-state index is 12.6. The van der Waals surface area contributed by atoms with E-state index in [0.717, 1.165) is 6.20 Å². The third kappa shape index (κ3) is 6.36. The molecule has 0 bridgehead atoms. The summed E-state index contributed by atoms with van der Waals surface area (Å²) in [6.07, 6.45) is 0.885. The van der Waals surface area contributed by atoms with Crippen LogP contribution in [0.4, 0.5) is 5.82 Å². The highest BCUT2D eigenvalue weighted by atomic mass is 31.2. The van der Waals surface area contributed by atoms with Crippen LogP contribution in [0.25, 0.3) is 0 Å². The standard InChI is InChI=1S/C18H23N2O6P/c1-11(2)25-14-7-13(8-15(9-14)26-12(3)4)18(21)20-17-6-5-16(10-19-17)27(22,23)24/h5-12H,1-4H3,(H,19,20,21)(H2,22,23,24). The average molecular weight is 394 g/mol. The lowest BCUT2D eigenvalue weighted by Gasteiger charge is -2.15. The van der Waals surface area contributed by atoms with Gasteiger partial charge in [-0.3, -0.25) is 9.36 Å². The molecule has 27 heavy (non-hydrogen) atoms. The minimum absolute atomic E-state index is 0.0722. The molecule has 3 N–H and O–H groups in total. The summed E-state index contributed by atoms with van der Waals surface area (Å²) in [6, 6.07) is 7.43. The Morgan fingerprint density at radius 1 is 1.04 bits per heavy atom. The molecule has 0 saturated heterocycles. The van der Waals surface area contributed by atoms with Crippen molar-refractivity contribution in [2.24, 2.45) is 0 Å². The number of rotatable bonds is 7. The summed E-state index contributed by atoms with van der Waals surface area (Å²) in [5.41, 5.74) is 0.310. The number of benzene rings is 1. The third-order valence-electron chi connectivity index (χ3n) is 3.21. The summed E-state index contributed by atoms with van der Waals surface area (Å²) in [7, 11) is -4.38. The van der Waals surface area contributed by atoms with E-state index in [1.54, 1.807) is 18.2 Å². The zero-order valence-corrected chi connectivity index (χ0v) is 16.4. The van der Waals surface area contributed by atoms with Crippen LogP contribution in [-0.4, -0.2) is 32.9 Å². The first kappa shape index (κ1) is 20.9. The SMILES string of the molecule is CC(C)Oc1cc(OC(C)C)cc(C(=O)Nc2ccc(P(=O)(O)O)cn2)c1. The highest BCUT2D eigenvalue weighted by Gasteiger charge is 2.18. The number of nitrogens with zero attached hydrogens (tertiary/aromatic N) is 1. The monoisotopic (exact) mass is 394 g/mol. The first-order chi connectivity index (χ1) is 12.5. The van der Waals surface area contributed by atoms with Crippen LogP contribution >= 0.6 is 7.60 Å². The van der Waals surface area contributed by atoms with Gasteiger partial charge in [0.05, 0.1) is 17.5 Å². The number of amides is 1. The normalized spacial score (nSPS) is 11.6. The molecule has 0 aliphatic rings. The molecule has 0 unspecified atom stereocenters. The second-order valence-corrected chi connectivity index (χ2v) is 8.03. The smallest absolute Gasteiger partial charge is 0.357 e. The number of hydrogen-bond acceptors (Lipinski definition) is 5. The average Bonchev–Trinajstić information content (AvgIpc) is 2.53. The Labute approximate surface area is 157 Å². The number of ether oxygens (including phenoxy) is 2. The van der Waals surface area contributed by atoms with Gasteiger partial charge < -0.3 is 24.6 Å². The van der Waals surface area contributed by atoms with Gasteiger partial charge in [0.1, 0.15) is 17.3 Å². The van der Waals surface area contributed by atoms with Crippen LogP contribution < -0.4 is 20.1 Å². The number of carbonyl (C=O) groups excluding carboxylic acids is 1. The molecule has 1 heterocycles. The Bertz CT molecular complexity index is 817. The van der Waals surface area contributed by atoms with Crippen LogP contribution in [0.15, 0.2) is 36.5 Å². The fourth-order valence-electron chi connectivity index (χ4n) is 2.20. The van der Waals surface area contributed by atoms with E-state index in [2.05, 4.69) is 10.3 Å². The van der Waals surface area contributed by atoms with Crippen molar-refractivity contribution in [2.75, 3.05) is 5.32 Å². The summed E-state index contributed by atoms with van der Waals surface area (Å²) >= 11 is 0. The van der Waals surface area contributed by atoms with Crippen LogP contribution in [0.1, 0.15) is 38.1 Å². The fourth-order valence-corrected chi connectivity index (χ4v) is 2.68. The molecule has 0 radical (unpaired) electrons. The van der Waals surface area contributed by atoms with Crippen LogP contribution in [-0.2, 0) is 4.57 Å². The first-order valence-electron chi connectivity index (χ1n) is 8.36. The quantitative estimate of drug-likeness (QED) is 0.618. The lowest BCUT2D eigenvalue weighted by Crippen LogP contribution is -2.16. The maximum atomic E-state index is 12.6. The van der Waals surface area contributed by atoms with Gasteiger partial charge >= 0.3 is 7.60 Å². The Hall–Kier alpha value is -2.41. The summed E-state index contributed by atoms with van der Waals surface area (Å²) in [5, 5.41) is 2.36. The molecule has 1 aromatic carbocycles. The number of nitrogens with one attached hydrogen (secondary N) is 1. The van der Waals surface area contributed by atoms with Crippen molar-refractivity contribution in [3.8, 4) is 11.5 Å². The van der Waals surface area contributed by atoms with Gasteiger partial charge in [0.2, 0.25) is 0 Å². The van der Waals surface area contributed by atoms with Gasteiger partial charge in [-0.15, -0.1) is 0 Å². The summed E-state index contributed by atoms with van der Waals surface area (Å²) in [4.78, 5) is 34.6. The van der Waals surface area contributed by atoms with E-state index in [4.69, 9.17) is 19.3 Å². The van der Waals surface area contributed by atoms with E-state index < -0.39 is 13.5 Å². The fraction of sp³-hybridized carbons (Fsp3) is 0.333. The summed E-state index contributed by atoms with van der Waals surface area (Å²) < 4.78 is 22.5. The molecular weight excluding hydrogens is 371 g/mol. The Morgan fingerprint density at radius 3 is 2.00 bits per heavy atom. The molecule has 9 heteroatoms. The zero-order chi connectivity index (χ0) is 20.2. The number of pyridine rings is 1.